The molecule has 1 saturated heterocycles. The summed E-state index contributed by atoms with van der Waals surface area (Å²) in [6, 6.07) is 6.30. The highest BCUT2D eigenvalue weighted by atomic mass is 16.7. The Hall–Kier alpha value is -4.15. The van der Waals surface area contributed by atoms with Gasteiger partial charge in [0.05, 0.1) is 6.61 Å². The van der Waals surface area contributed by atoms with E-state index in [9.17, 15) is 39.3 Å². The number of benzene rings is 1. The second kappa shape index (κ2) is 18.7. The van der Waals surface area contributed by atoms with Gasteiger partial charge in [0, 0.05) is 55.4 Å². The van der Waals surface area contributed by atoms with Gasteiger partial charge < -0.3 is 50.7 Å². The van der Waals surface area contributed by atoms with Crippen molar-refractivity contribution < 1.29 is 53.5 Å². The highest BCUT2D eigenvalue weighted by molar-refractivity contribution is 5.96. The number of aliphatic hydroxyl groups is 3. The SMILES string of the molecule is Nc1ccc2cc(C(=O)NCCCCCCC(=O)NC[C@H]3O[C@@H](OCC/C=C/C[C@H]4C(=O)CC[C@@H]4CC(=O)O)[C@H](O)[C@@H](O)[C@@H]3O)c(=O)oc2c1. The van der Waals surface area contributed by atoms with Crippen molar-refractivity contribution in [2.45, 2.75) is 94.9 Å². The fourth-order valence-electron chi connectivity index (χ4n) is 6.26. The van der Waals surface area contributed by atoms with E-state index < -0.39 is 48.2 Å². The van der Waals surface area contributed by atoms with Gasteiger partial charge in [0.15, 0.2) is 6.29 Å². The number of anilines is 1. The van der Waals surface area contributed by atoms with Crippen LogP contribution in [0.3, 0.4) is 0 Å². The Morgan fingerprint density at radius 2 is 1.76 bits per heavy atom. The molecule has 274 valence electrons. The molecule has 1 aromatic heterocycles. The van der Waals surface area contributed by atoms with Crippen LogP contribution in [0.5, 0.6) is 0 Å². The zero-order chi connectivity index (χ0) is 36.2. The van der Waals surface area contributed by atoms with Crippen molar-refractivity contribution in [3.63, 3.8) is 0 Å². The summed E-state index contributed by atoms with van der Waals surface area (Å²) in [7, 11) is 0. The first-order valence-corrected chi connectivity index (χ1v) is 17.0. The van der Waals surface area contributed by atoms with Crippen molar-refractivity contribution in [3.05, 3.63) is 52.4 Å². The average Bonchev–Trinajstić information content (AvgIpc) is 3.41. The highest BCUT2D eigenvalue weighted by Gasteiger charge is 2.44. The van der Waals surface area contributed by atoms with E-state index in [1.807, 2.05) is 6.08 Å². The van der Waals surface area contributed by atoms with E-state index in [1.54, 1.807) is 18.2 Å². The third-order valence-electron chi connectivity index (χ3n) is 9.09. The molecule has 2 fully saturated rings. The molecule has 0 spiro atoms. The number of carbonyl (C=O) groups excluding carboxylic acids is 3. The molecule has 1 aliphatic carbocycles. The Kier molecular flexibility index (Phi) is 14.5. The number of fused-ring (bicyclic) bond motifs is 1. The first-order valence-electron chi connectivity index (χ1n) is 17.0. The molecule has 1 aliphatic heterocycles. The molecular weight excluding hydrogens is 654 g/mol. The molecule has 1 aromatic carbocycles. The molecule has 15 heteroatoms. The fraction of sp³-hybridized carbons (Fsp3) is 0.571. The molecule has 7 atom stereocenters. The minimum Gasteiger partial charge on any atom is -0.481 e. The van der Waals surface area contributed by atoms with E-state index in [-0.39, 0.29) is 55.1 Å². The monoisotopic (exact) mass is 701 g/mol. The maximum atomic E-state index is 12.5. The number of carboxylic acids is 1. The Labute approximate surface area is 288 Å². The molecule has 2 aliphatic rings. The van der Waals surface area contributed by atoms with Gasteiger partial charge in [-0.25, -0.2) is 4.79 Å². The molecule has 0 radical (unpaired) electrons. The lowest BCUT2D eigenvalue weighted by molar-refractivity contribution is -0.294. The minimum absolute atomic E-state index is 0.0297. The minimum atomic E-state index is -1.55. The first kappa shape index (κ1) is 38.6. The highest BCUT2D eigenvalue weighted by Crippen LogP contribution is 2.34. The Balaban J connectivity index is 1.08. The number of amides is 2. The lowest BCUT2D eigenvalue weighted by Crippen LogP contribution is -2.60. The molecule has 50 heavy (non-hydrogen) atoms. The predicted octanol–water partition coefficient (Wildman–Crippen LogP) is 1.40. The molecule has 2 amide bonds. The number of allylic oxidation sites excluding steroid dienone is 1. The van der Waals surface area contributed by atoms with Gasteiger partial charge in [0.25, 0.3) is 5.91 Å². The number of nitrogens with two attached hydrogens (primary N) is 1. The maximum Gasteiger partial charge on any atom is 0.349 e. The quantitative estimate of drug-likeness (QED) is 0.0503. The van der Waals surface area contributed by atoms with Gasteiger partial charge in [-0.3, -0.25) is 19.2 Å². The molecule has 2 heterocycles. The normalized spacial score (nSPS) is 25.3. The van der Waals surface area contributed by atoms with E-state index in [2.05, 4.69) is 10.6 Å². The van der Waals surface area contributed by atoms with Crippen molar-refractivity contribution in [3.8, 4) is 0 Å². The van der Waals surface area contributed by atoms with Gasteiger partial charge >= 0.3 is 11.6 Å². The number of aliphatic hydroxyl groups excluding tert-OH is 3. The lowest BCUT2D eigenvalue weighted by Gasteiger charge is -2.40. The van der Waals surface area contributed by atoms with Gasteiger partial charge in [-0.05, 0) is 56.2 Å². The number of Topliss-reactive ketones (excluding diaryl/α,β-unsaturated/α-hetero) is 1. The summed E-state index contributed by atoms with van der Waals surface area (Å²) in [5.74, 6) is -2.14. The van der Waals surface area contributed by atoms with Crippen LogP contribution in [-0.4, -0.2) is 94.4 Å². The van der Waals surface area contributed by atoms with Gasteiger partial charge in [-0.15, -0.1) is 0 Å². The third kappa shape index (κ3) is 10.9. The van der Waals surface area contributed by atoms with Gasteiger partial charge in [-0.2, -0.15) is 0 Å². The van der Waals surface area contributed by atoms with Crippen LogP contribution >= 0.6 is 0 Å². The van der Waals surface area contributed by atoms with E-state index in [0.29, 0.717) is 68.1 Å². The second-order valence-corrected chi connectivity index (χ2v) is 12.8. The summed E-state index contributed by atoms with van der Waals surface area (Å²) in [5.41, 5.74) is 5.60. The average molecular weight is 702 g/mol. The standard InChI is InChI=1S/C35H47N3O12/c36-22-12-10-21-16-24(34(47)49-26(21)18-22)33(46)37-14-6-2-1-5-9-28(40)38-19-27-30(43)31(44)32(45)35(50-27)48-15-7-3-4-8-23-20(17-29(41)42)11-13-25(23)39/h3-4,10,12,16,18,20,23,27,30-32,35,43-45H,1-2,5-9,11,13-15,17,19,36H2,(H,37,46)(H,38,40)(H,41,42)/b4-3+/t20-,23-,27-,30-,31+,32-,35-/m1/s1. The van der Waals surface area contributed by atoms with Crippen molar-refractivity contribution in [1.82, 2.24) is 10.6 Å². The topological polar surface area (TPSA) is 248 Å². The van der Waals surface area contributed by atoms with Crippen LogP contribution < -0.4 is 22.0 Å². The summed E-state index contributed by atoms with van der Waals surface area (Å²) in [6.45, 7) is 0.333. The second-order valence-electron chi connectivity index (χ2n) is 12.8. The number of hydrogen-bond acceptors (Lipinski definition) is 12. The Morgan fingerprint density at radius 3 is 2.54 bits per heavy atom. The first-order chi connectivity index (χ1) is 23.9. The van der Waals surface area contributed by atoms with Gasteiger partial charge in [0.1, 0.15) is 41.3 Å². The van der Waals surface area contributed by atoms with E-state index in [0.717, 1.165) is 6.42 Å². The number of hydrogen-bond donors (Lipinski definition) is 7. The predicted molar refractivity (Wildman–Crippen MR) is 180 cm³/mol. The maximum absolute atomic E-state index is 12.5. The number of carboxylic acid groups (broad SMARTS) is 1. The van der Waals surface area contributed by atoms with Gasteiger partial charge in [-0.1, -0.05) is 25.0 Å². The van der Waals surface area contributed by atoms with Crippen LogP contribution in [-0.2, 0) is 23.9 Å². The molecule has 4 rings (SSSR count). The Bertz CT molecular complexity index is 1580. The summed E-state index contributed by atoms with van der Waals surface area (Å²) in [4.78, 5) is 60.3. The zero-order valence-corrected chi connectivity index (χ0v) is 27.8. The van der Waals surface area contributed by atoms with Crippen LogP contribution in [0.25, 0.3) is 11.0 Å². The van der Waals surface area contributed by atoms with Gasteiger partial charge in [0.2, 0.25) is 5.91 Å². The van der Waals surface area contributed by atoms with E-state index >= 15 is 0 Å². The Morgan fingerprint density at radius 1 is 0.980 bits per heavy atom. The molecule has 0 bridgehead atoms. The fourth-order valence-corrected chi connectivity index (χ4v) is 6.26. The number of carbonyl (C=O) groups is 4. The zero-order valence-electron chi connectivity index (χ0n) is 27.8. The number of nitrogen functional groups attached to an aromatic ring is 1. The number of rotatable bonds is 18. The number of ether oxygens (including phenoxy) is 2. The van der Waals surface area contributed by atoms with Crippen LogP contribution in [0.2, 0.25) is 0 Å². The summed E-state index contributed by atoms with van der Waals surface area (Å²) in [6.07, 6.45) is 1.46. The largest absolute Gasteiger partial charge is 0.481 e. The van der Waals surface area contributed by atoms with Crippen LogP contribution in [0, 0.1) is 11.8 Å². The summed E-state index contributed by atoms with van der Waals surface area (Å²) < 4.78 is 16.4. The smallest absolute Gasteiger partial charge is 0.349 e. The molecule has 8 N–H and O–H groups in total. The number of ketones is 1. The van der Waals surface area contributed by atoms with Crippen LogP contribution in [0.1, 0.15) is 74.6 Å². The van der Waals surface area contributed by atoms with Crippen molar-refractivity contribution in [2.75, 3.05) is 25.4 Å². The molecule has 15 nitrogen and oxygen atoms in total. The number of unbranched alkanes of at least 4 members (excludes halogenated alkanes) is 3. The summed E-state index contributed by atoms with van der Waals surface area (Å²) >= 11 is 0. The number of aliphatic carboxylic acids is 1. The van der Waals surface area contributed by atoms with E-state index in [4.69, 9.17) is 24.7 Å². The van der Waals surface area contributed by atoms with Crippen molar-refractivity contribution in [1.29, 1.82) is 0 Å². The van der Waals surface area contributed by atoms with Crippen LogP contribution in [0.15, 0.2) is 45.6 Å². The van der Waals surface area contributed by atoms with E-state index in [1.165, 1.54) is 12.1 Å². The summed E-state index contributed by atoms with van der Waals surface area (Å²) in [5, 5.41) is 46.1. The lowest BCUT2D eigenvalue weighted by atomic mass is 9.89. The molecule has 1 saturated carbocycles. The molecule has 0 unspecified atom stereocenters. The number of nitrogens with one attached hydrogen (secondary N) is 2. The molecular formula is C35H47N3O12. The van der Waals surface area contributed by atoms with Crippen LogP contribution in [0.4, 0.5) is 5.69 Å². The third-order valence-corrected chi connectivity index (χ3v) is 9.09. The van der Waals surface area contributed by atoms with Crippen molar-refractivity contribution in [2.24, 2.45) is 11.8 Å². The van der Waals surface area contributed by atoms with Crippen molar-refractivity contribution >= 4 is 40.2 Å². The molecule has 2 aromatic rings.